The maximum Gasteiger partial charge on any atom is 0.219 e. The van der Waals surface area contributed by atoms with Gasteiger partial charge in [-0.25, -0.2) is 0 Å². The molecule has 480 valence electrons. The van der Waals surface area contributed by atoms with E-state index in [0.717, 1.165) is 125 Å². The third kappa shape index (κ3) is 10.1. The fourth-order valence-corrected chi connectivity index (χ4v) is 19.8. The number of hydrogen-bond donors (Lipinski definition) is 0. The first-order valence-corrected chi connectivity index (χ1v) is 35.9. The van der Waals surface area contributed by atoms with Crippen molar-refractivity contribution >= 4 is 0 Å². The molecule has 12 aromatic carbocycles. The van der Waals surface area contributed by atoms with Gasteiger partial charge in [0.2, 0.25) is 34.2 Å². The molecule has 7 aliphatic carbocycles. The van der Waals surface area contributed by atoms with Gasteiger partial charge in [0.15, 0.2) is 0 Å². The largest absolute Gasteiger partial charge is 0.872 e. The van der Waals surface area contributed by atoms with Crippen LogP contribution in [0.15, 0.2) is 340 Å². The van der Waals surface area contributed by atoms with Gasteiger partial charge in [-0.15, -0.1) is 0 Å². The van der Waals surface area contributed by atoms with Crippen molar-refractivity contribution in [3.63, 3.8) is 0 Å². The molecule has 100 heavy (non-hydrogen) atoms. The van der Waals surface area contributed by atoms with Crippen molar-refractivity contribution in [2.45, 2.75) is 49.4 Å². The third-order valence-corrected chi connectivity index (χ3v) is 24.1. The highest BCUT2D eigenvalue weighted by molar-refractivity contribution is 5.86. The summed E-state index contributed by atoms with van der Waals surface area (Å²) in [6, 6.07) is 121. The van der Waals surface area contributed by atoms with Crippen LogP contribution in [0, 0.1) is 35.5 Å². The minimum absolute atomic E-state index is 0.0185. The van der Waals surface area contributed by atoms with Gasteiger partial charge in [-0.05, 0) is 211 Å². The lowest BCUT2D eigenvalue weighted by Gasteiger charge is -2.75. The molecule has 7 saturated carbocycles. The molecule has 7 fully saturated rings. The summed E-state index contributed by atoms with van der Waals surface area (Å²) in [6.07, 6.45) is 7.83. The number of benzene rings is 12. The van der Waals surface area contributed by atoms with E-state index in [1.807, 2.05) is 121 Å². The molecule has 0 N–H and O–H groups in total. The zero-order chi connectivity index (χ0) is 66.5. The molecule has 2 aromatic heterocycles. The van der Waals surface area contributed by atoms with Crippen LogP contribution in [-0.4, -0.2) is 0 Å². The molecule has 0 amide bonds. The van der Waals surface area contributed by atoms with Gasteiger partial charge in [0.05, 0.1) is 0 Å². The summed E-state index contributed by atoms with van der Waals surface area (Å²) in [4.78, 5) is 0. The molecule has 0 atom stereocenters. The number of rotatable bonds is 14. The zero-order valence-electron chi connectivity index (χ0n) is 55.7. The van der Waals surface area contributed by atoms with Crippen molar-refractivity contribution in [1.82, 2.24) is 0 Å². The molecule has 0 spiro atoms. The first-order chi connectivity index (χ1) is 49.3. The van der Waals surface area contributed by atoms with Gasteiger partial charge in [-0.3, -0.25) is 0 Å². The quantitative estimate of drug-likeness (QED) is 0.102. The first-order valence-electron chi connectivity index (χ1n) is 35.9. The van der Waals surface area contributed by atoms with Gasteiger partial charge in [-0.1, -0.05) is 254 Å². The summed E-state index contributed by atoms with van der Waals surface area (Å²) in [6.45, 7) is 0. The van der Waals surface area contributed by atoms with E-state index in [2.05, 4.69) is 228 Å². The highest BCUT2D eigenvalue weighted by atomic mass is 16.3. The average Bonchev–Trinajstić information content (AvgIpc) is 0.667. The zero-order valence-corrected chi connectivity index (χ0v) is 55.7. The molecule has 14 aromatic rings. The molecule has 7 aliphatic rings. The Bertz CT molecular complexity index is 4730. The minimum Gasteiger partial charge on any atom is -0.872 e. The molecule has 4 heteroatoms. The maximum atomic E-state index is 14.7. The molecule has 2 heterocycles. The lowest BCUT2D eigenvalue weighted by molar-refractivity contribution is -0.572. The number of aromatic nitrogens is 2. The number of nitrogens with zero attached hydrogens (tertiary/aromatic N) is 2. The Morgan fingerprint density at radius 2 is 0.410 bits per heavy atom. The normalized spacial score (nSPS) is 21.3. The second-order valence-electron chi connectivity index (χ2n) is 29.3. The van der Waals surface area contributed by atoms with Gasteiger partial charge < -0.3 is 10.2 Å². The standard InChI is InChI=1S/C96H74N2O2/c99-93-79(65-25-9-1-10-26-65)53-77(54-80(93)66-27-11-2-12-28-66)97-89(69-33-17-5-18-34-69)49-73(50-90(97)70-35-19-6-20-36-70)63-41-45-75(46-42-63)95-57-83-86-60-96(61-87(83)85(59-95)88(62-96)84(86)58-95)76-47-43-64(44-48-76)74-51-91(71-37-21-7-22-38-71)98(92(52-74)72-39-23-8-24-40-72)78-55-81(67-29-13-3-14-30-67)94(100)82(56-78)68-31-15-4-16-32-68/h1-56,83-88H,57-62H2. The Kier molecular flexibility index (Phi) is 14.5. The van der Waals surface area contributed by atoms with Crippen LogP contribution in [0.2, 0.25) is 0 Å². The molecule has 0 aliphatic heterocycles. The smallest absolute Gasteiger partial charge is 0.219 e. The van der Waals surface area contributed by atoms with E-state index in [1.54, 1.807) is 11.1 Å². The lowest BCUT2D eigenvalue weighted by atomic mass is 9.29. The van der Waals surface area contributed by atoms with E-state index in [9.17, 15) is 10.2 Å². The van der Waals surface area contributed by atoms with Crippen LogP contribution in [0.5, 0.6) is 11.5 Å². The van der Waals surface area contributed by atoms with Crippen molar-refractivity contribution in [2.24, 2.45) is 35.5 Å². The summed E-state index contributed by atoms with van der Waals surface area (Å²) in [5.74, 6) is 4.67. The molecule has 4 nitrogen and oxygen atoms in total. The van der Waals surface area contributed by atoms with Gasteiger partial charge in [0.1, 0.15) is 0 Å². The Morgan fingerprint density at radius 3 is 0.620 bits per heavy atom. The topological polar surface area (TPSA) is 53.9 Å². The van der Waals surface area contributed by atoms with E-state index >= 15 is 0 Å². The van der Waals surface area contributed by atoms with Crippen LogP contribution in [0.1, 0.15) is 49.7 Å². The third-order valence-electron chi connectivity index (χ3n) is 24.1. The van der Waals surface area contributed by atoms with Crippen molar-refractivity contribution in [3.05, 3.63) is 351 Å². The predicted octanol–water partition coefficient (Wildman–Crippen LogP) is 21.3. The van der Waals surface area contributed by atoms with E-state index in [1.165, 1.54) is 49.7 Å². The van der Waals surface area contributed by atoms with Crippen LogP contribution in [0.3, 0.4) is 0 Å². The average molecular weight is 1290 g/mol. The number of hydrogen-bond acceptors (Lipinski definition) is 2. The SMILES string of the molecule is [O-]c1c(-c2ccccc2)cc(-[n+]2c(-c3ccccc3)cc(-c3ccc(C45CC6C7CC8(c9ccc(-c%10cc(-c%11ccccc%11)[n+](-c%11cc(-c%12ccccc%12)c([O-])c(-c%12ccccc%12)c%11)c(-c%11ccccc%11)c%10)cc9)CC6C(C4)C(C8)C7C5)cc3)cc2-c2ccccc2)cc1-c1ccccc1. The highest BCUT2D eigenvalue weighted by Gasteiger charge is 2.70. The Balaban J connectivity index is 0.642. The van der Waals surface area contributed by atoms with Gasteiger partial charge in [-0.2, -0.15) is 9.13 Å². The Labute approximate surface area is 586 Å². The lowest BCUT2D eigenvalue weighted by Crippen LogP contribution is -2.69. The van der Waals surface area contributed by atoms with E-state index in [0.29, 0.717) is 22.3 Å². The van der Waals surface area contributed by atoms with Crippen LogP contribution in [0.25, 0.3) is 123 Å². The summed E-state index contributed by atoms with van der Waals surface area (Å²) >= 11 is 0. The predicted molar refractivity (Wildman–Crippen MR) is 401 cm³/mol. The first kappa shape index (κ1) is 59.8. The summed E-state index contributed by atoms with van der Waals surface area (Å²) < 4.78 is 4.75. The number of pyridine rings is 2. The monoisotopic (exact) mass is 1290 g/mol. The Morgan fingerprint density at radius 1 is 0.210 bits per heavy atom. The molecule has 0 saturated heterocycles. The molecule has 0 radical (unpaired) electrons. The Hall–Kier alpha value is -11.5. The van der Waals surface area contributed by atoms with Gasteiger partial charge >= 0.3 is 0 Å². The molecule has 8 bridgehead atoms. The molecule has 21 rings (SSSR count). The van der Waals surface area contributed by atoms with Crippen molar-refractivity contribution < 1.29 is 19.3 Å². The summed E-state index contributed by atoms with van der Waals surface area (Å²) in [5.41, 5.74) is 25.0. The maximum absolute atomic E-state index is 14.7. The van der Waals surface area contributed by atoms with Crippen LogP contribution >= 0.6 is 0 Å². The minimum atomic E-state index is 0.0185. The van der Waals surface area contributed by atoms with Gasteiger partial charge in [0.25, 0.3) is 0 Å². The highest BCUT2D eigenvalue weighted by Crippen LogP contribution is 2.77. The van der Waals surface area contributed by atoms with Gasteiger partial charge in [0, 0.05) is 70.8 Å². The van der Waals surface area contributed by atoms with Crippen LogP contribution in [0.4, 0.5) is 0 Å². The van der Waals surface area contributed by atoms with Crippen molar-refractivity contribution in [3.8, 4) is 135 Å². The summed E-state index contributed by atoms with van der Waals surface area (Å²) in [7, 11) is 0. The fourth-order valence-electron chi connectivity index (χ4n) is 19.8. The van der Waals surface area contributed by atoms with Crippen molar-refractivity contribution in [1.29, 1.82) is 0 Å². The van der Waals surface area contributed by atoms with E-state index in [4.69, 9.17) is 0 Å². The van der Waals surface area contributed by atoms with E-state index < -0.39 is 0 Å². The van der Waals surface area contributed by atoms with Crippen molar-refractivity contribution in [2.75, 3.05) is 0 Å². The van der Waals surface area contributed by atoms with E-state index in [-0.39, 0.29) is 22.3 Å². The molecular formula is C96H74N2O2. The second-order valence-corrected chi connectivity index (χ2v) is 29.3. The second kappa shape index (κ2) is 24.2. The molecule has 0 unspecified atom stereocenters. The fraction of sp³-hybridized carbons (Fsp3) is 0.146. The summed E-state index contributed by atoms with van der Waals surface area (Å²) in [5, 5.41) is 29.3. The molecular weight excluding hydrogens is 1210 g/mol. The van der Waals surface area contributed by atoms with Crippen LogP contribution in [-0.2, 0) is 10.8 Å². The van der Waals surface area contributed by atoms with Crippen LogP contribution < -0.4 is 19.3 Å².